The van der Waals surface area contributed by atoms with Crippen molar-refractivity contribution in [3.63, 3.8) is 0 Å². The van der Waals surface area contributed by atoms with Gasteiger partial charge in [-0.3, -0.25) is 19.2 Å². The number of carbonyl (C=O) groups excluding carboxylic acids is 4. The molecule has 2 aromatic heterocycles. The van der Waals surface area contributed by atoms with Crippen LogP contribution in [0.15, 0.2) is 43.0 Å². The smallest absolute Gasteiger partial charge is 0.326 e. The molecule has 3 heterocycles. The molecular weight excluding hydrogens is 520 g/mol. The third kappa shape index (κ3) is 6.64. The number of aliphatic carboxylic acids is 1. The fourth-order valence-electron chi connectivity index (χ4n) is 4.89. The second-order valence-corrected chi connectivity index (χ2v) is 9.77. The Balaban J connectivity index is 1.60. The molecule has 0 aliphatic carbocycles. The van der Waals surface area contributed by atoms with E-state index in [1.807, 2.05) is 24.3 Å². The van der Waals surface area contributed by atoms with Crippen LogP contribution in [-0.2, 0) is 36.8 Å². The van der Waals surface area contributed by atoms with Crippen molar-refractivity contribution in [2.24, 2.45) is 11.5 Å². The lowest BCUT2D eigenvalue weighted by molar-refractivity contribution is -0.149. The third-order valence-corrected chi connectivity index (χ3v) is 6.90. The number of hydrogen-bond acceptors (Lipinski definition) is 7. The van der Waals surface area contributed by atoms with Crippen molar-refractivity contribution in [1.82, 2.24) is 30.5 Å². The van der Waals surface area contributed by atoms with Gasteiger partial charge in [-0.25, -0.2) is 9.78 Å². The zero-order valence-corrected chi connectivity index (χ0v) is 21.6. The van der Waals surface area contributed by atoms with Crippen molar-refractivity contribution in [1.29, 1.82) is 0 Å². The summed E-state index contributed by atoms with van der Waals surface area (Å²) < 4.78 is 0. The minimum atomic E-state index is -1.28. The third-order valence-electron chi connectivity index (χ3n) is 6.90. The van der Waals surface area contributed by atoms with Crippen LogP contribution >= 0.6 is 0 Å². The Morgan fingerprint density at radius 2 is 1.82 bits per heavy atom. The van der Waals surface area contributed by atoms with Crippen LogP contribution in [0.4, 0.5) is 0 Å². The molecule has 4 unspecified atom stereocenters. The maximum absolute atomic E-state index is 13.7. The average Bonchev–Trinajstić information content (AvgIpc) is 3.68. The number of para-hydroxylation sites is 1. The van der Waals surface area contributed by atoms with Crippen molar-refractivity contribution in [2.45, 2.75) is 56.3 Å². The molecular formula is C26H32N8O6. The fourth-order valence-corrected chi connectivity index (χ4v) is 4.89. The molecule has 14 nitrogen and oxygen atoms in total. The Labute approximate surface area is 228 Å². The normalized spacial score (nSPS) is 17.2. The second-order valence-electron chi connectivity index (χ2n) is 9.77. The standard InChI is InChI=1S/C26H32N8O6/c27-17(10-22(28)35)23(36)32-19(8-14-11-30-18-5-2-1-4-16(14)18)24(37)33-20(9-15-12-29-13-31-15)25(38)34-7-3-6-21(34)26(39)40/h1-2,4-5,11-13,17,19-21,30H,3,6-10,27H2,(H2,28,35)(H,29,31)(H,32,36)(H,33,37)(H,39,40). The molecule has 40 heavy (non-hydrogen) atoms. The van der Waals surface area contributed by atoms with Crippen molar-refractivity contribution >= 4 is 40.5 Å². The van der Waals surface area contributed by atoms with Crippen LogP contribution in [0.25, 0.3) is 10.9 Å². The van der Waals surface area contributed by atoms with Crippen molar-refractivity contribution < 1.29 is 29.1 Å². The first-order chi connectivity index (χ1) is 19.1. The lowest BCUT2D eigenvalue weighted by Crippen LogP contribution is -2.58. The van der Waals surface area contributed by atoms with Crippen LogP contribution < -0.4 is 22.1 Å². The number of fused-ring (bicyclic) bond motifs is 1. The number of nitrogens with one attached hydrogen (secondary N) is 4. The van der Waals surface area contributed by atoms with Crippen molar-refractivity contribution in [3.05, 3.63) is 54.2 Å². The molecule has 4 amide bonds. The molecule has 0 spiro atoms. The van der Waals surface area contributed by atoms with E-state index in [1.54, 1.807) is 6.20 Å². The van der Waals surface area contributed by atoms with Gasteiger partial charge in [0.2, 0.25) is 23.6 Å². The van der Waals surface area contributed by atoms with Gasteiger partial charge in [0.05, 0.1) is 18.8 Å². The SMILES string of the molecule is NC(=O)CC(N)C(=O)NC(Cc1c[nH]c2ccccc12)C(=O)NC(Cc1cnc[nH]1)C(=O)N1CCCC1C(=O)O. The first-order valence-electron chi connectivity index (χ1n) is 12.8. The van der Waals surface area contributed by atoms with Gasteiger partial charge >= 0.3 is 5.97 Å². The number of aromatic amines is 2. The Morgan fingerprint density at radius 1 is 1.07 bits per heavy atom. The number of carbonyl (C=O) groups is 5. The molecule has 4 atom stereocenters. The first kappa shape index (κ1) is 28.3. The van der Waals surface area contributed by atoms with E-state index in [1.165, 1.54) is 17.4 Å². The van der Waals surface area contributed by atoms with E-state index in [2.05, 4.69) is 25.6 Å². The van der Waals surface area contributed by atoms with Gasteiger partial charge < -0.3 is 42.1 Å². The number of likely N-dealkylation sites (tertiary alicyclic amines) is 1. The summed E-state index contributed by atoms with van der Waals surface area (Å²) in [6, 6.07) is 2.81. The number of hydrogen-bond donors (Lipinski definition) is 7. The number of carboxylic acid groups (broad SMARTS) is 1. The quantitative estimate of drug-likeness (QED) is 0.146. The number of amides is 4. The highest BCUT2D eigenvalue weighted by Gasteiger charge is 2.38. The average molecular weight is 553 g/mol. The molecule has 9 N–H and O–H groups in total. The number of nitrogens with zero attached hydrogens (tertiary/aromatic N) is 2. The van der Waals surface area contributed by atoms with E-state index in [9.17, 15) is 29.1 Å². The molecule has 1 aromatic carbocycles. The van der Waals surface area contributed by atoms with Gasteiger partial charge in [0.25, 0.3) is 0 Å². The summed E-state index contributed by atoms with van der Waals surface area (Å²) in [5, 5.41) is 15.7. The molecule has 1 saturated heterocycles. The van der Waals surface area contributed by atoms with Crippen LogP contribution in [-0.4, -0.2) is 85.3 Å². The molecule has 1 fully saturated rings. The Kier molecular flexibility index (Phi) is 8.79. The van der Waals surface area contributed by atoms with Gasteiger partial charge in [0.15, 0.2) is 0 Å². The number of benzene rings is 1. The van der Waals surface area contributed by atoms with E-state index in [4.69, 9.17) is 11.5 Å². The number of primary amides is 1. The number of H-pyrrole nitrogens is 2. The Hall–Kier alpha value is -4.72. The van der Waals surface area contributed by atoms with Crippen molar-refractivity contribution in [3.8, 4) is 0 Å². The monoisotopic (exact) mass is 552 g/mol. The van der Waals surface area contributed by atoms with Crippen LogP contribution in [0.2, 0.25) is 0 Å². The minimum absolute atomic E-state index is 0.0162. The zero-order valence-electron chi connectivity index (χ0n) is 21.6. The van der Waals surface area contributed by atoms with Gasteiger partial charge in [0.1, 0.15) is 18.1 Å². The van der Waals surface area contributed by atoms with Crippen LogP contribution in [0.1, 0.15) is 30.5 Å². The summed E-state index contributed by atoms with van der Waals surface area (Å²) in [4.78, 5) is 74.3. The van der Waals surface area contributed by atoms with Crippen LogP contribution in [0.3, 0.4) is 0 Å². The van der Waals surface area contributed by atoms with Gasteiger partial charge in [-0.15, -0.1) is 0 Å². The van der Waals surface area contributed by atoms with Gasteiger partial charge in [0, 0.05) is 48.4 Å². The summed E-state index contributed by atoms with van der Waals surface area (Å²) in [5.74, 6) is -3.90. The number of aromatic nitrogens is 3. The number of carboxylic acids is 1. The molecule has 4 rings (SSSR count). The highest BCUT2D eigenvalue weighted by molar-refractivity contribution is 5.96. The Morgan fingerprint density at radius 3 is 2.52 bits per heavy atom. The highest BCUT2D eigenvalue weighted by Crippen LogP contribution is 2.21. The van der Waals surface area contributed by atoms with E-state index < -0.39 is 60.2 Å². The lowest BCUT2D eigenvalue weighted by atomic mass is 10.0. The van der Waals surface area contributed by atoms with Gasteiger partial charge in [-0.05, 0) is 24.5 Å². The number of rotatable bonds is 12. The summed E-state index contributed by atoms with van der Waals surface area (Å²) in [6.07, 6.45) is 5.11. The number of imidazole rings is 1. The topological polar surface area (TPSA) is 229 Å². The summed E-state index contributed by atoms with van der Waals surface area (Å²) >= 11 is 0. The van der Waals surface area contributed by atoms with Crippen LogP contribution in [0.5, 0.6) is 0 Å². The van der Waals surface area contributed by atoms with Gasteiger partial charge in [-0.2, -0.15) is 0 Å². The Bertz CT molecular complexity index is 1390. The molecule has 0 bridgehead atoms. The summed E-state index contributed by atoms with van der Waals surface area (Å²) in [6.45, 7) is 0.239. The van der Waals surface area contributed by atoms with E-state index in [-0.39, 0.29) is 19.4 Å². The highest BCUT2D eigenvalue weighted by atomic mass is 16.4. The molecule has 1 aliphatic rings. The largest absolute Gasteiger partial charge is 0.480 e. The zero-order chi connectivity index (χ0) is 28.8. The predicted octanol–water partition coefficient (Wildman–Crippen LogP) is -1.08. The predicted molar refractivity (Wildman–Crippen MR) is 142 cm³/mol. The van der Waals surface area contributed by atoms with E-state index in [0.717, 1.165) is 16.5 Å². The molecule has 212 valence electrons. The summed E-state index contributed by atoms with van der Waals surface area (Å²) in [7, 11) is 0. The fraction of sp³-hybridized carbons (Fsp3) is 0.385. The maximum atomic E-state index is 13.7. The van der Waals surface area contributed by atoms with Crippen LogP contribution in [0, 0.1) is 0 Å². The van der Waals surface area contributed by atoms with E-state index >= 15 is 0 Å². The maximum Gasteiger partial charge on any atom is 0.326 e. The van der Waals surface area contributed by atoms with Gasteiger partial charge in [-0.1, -0.05) is 18.2 Å². The summed E-state index contributed by atoms with van der Waals surface area (Å²) in [5.41, 5.74) is 13.1. The van der Waals surface area contributed by atoms with E-state index in [0.29, 0.717) is 18.5 Å². The molecule has 0 radical (unpaired) electrons. The second kappa shape index (κ2) is 12.4. The molecule has 3 aromatic rings. The molecule has 0 saturated carbocycles. The van der Waals surface area contributed by atoms with Crippen molar-refractivity contribution in [2.75, 3.05) is 6.54 Å². The minimum Gasteiger partial charge on any atom is -0.480 e. The lowest BCUT2D eigenvalue weighted by Gasteiger charge is -2.29. The first-order valence-corrected chi connectivity index (χ1v) is 12.8. The molecule has 14 heteroatoms. The number of nitrogens with two attached hydrogens (primary N) is 2. The molecule has 1 aliphatic heterocycles.